The molecule has 3 aromatic rings. The van der Waals surface area contributed by atoms with Crippen LogP contribution in [0.4, 0.5) is 5.69 Å². The van der Waals surface area contributed by atoms with E-state index in [0.29, 0.717) is 36.0 Å². The normalized spacial score (nSPS) is 19.2. The van der Waals surface area contributed by atoms with Gasteiger partial charge < -0.3 is 19.7 Å². The van der Waals surface area contributed by atoms with Crippen LogP contribution in [0.15, 0.2) is 72.4 Å². The molecule has 3 heterocycles. The molecule has 2 aromatic carbocycles. The Morgan fingerprint density at radius 2 is 1.72 bits per heavy atom. The fourth-order valence-electron chi connectivity index (χ4n) is 3.91. The molecular weight excluding hydrogens is 412 g/mol. The first-order valence-electron chi connectivity index (χ1n) is 9.96. The zero-order valence-corrected chi connectivity index (χ0v) is 16.8. The lowest BCUT2D eigenvalue weighted by molar-refractivity contribution is -0.132. The molecule has 1 aromatic heterocycles. The highest BCUT2D eigenvalue weighted by molar-refractivity contribution is 6.51. The van der Waals surface area contributed by atoms with Crippen molar-refractivity contribution in [2.75, 3.05) is 18.1 Å². The number of carbonyl (C=O) groups is 2. The Balaban J connectivity index is 1.70. The second-order valence-electron chi connectivity index (χ2n) is 7.27. The van der Waals surface area contributed by atoms with E-state index < -0.39 is 17.7 Å². The number of hydrogen-bond donors (Lipinski definition) is 2. The smallest absolute Gasteiger partial charge is 0.300 e. The third-order valence-electron chi connectivity index (χ3n) is 5.37. The molecule has 32 heavy (non-hydrogen) atoms. The van der Waals surface area contributed by atoms with E-state index >= 15 is 0 Å². The summed E-state index contributed by atoms with van der Waals surface area (Å²) in [4.78, 5) is 31.7. The molecule has 2 N–H and O–H groups in total. The summed E-state index contributed by atoms with van der Waals surface area (Å²) in [5.74, 6) is -1.32. The van der Waals surface area contributed by atoms with Gasteiger partial charge in [0.05, 0.1) is 17.0 Å². The van der Waals surface area contributed by atoms with Crippen LogP contribution >= 0.6 is 0 Å². The molecule has 1 atom stereocenters. The minimum Gasteiger partial charge on any atom is -0.507 e. The van der Waals surface area contributed by atoms with Crippen molar-refractivity contribution in [3.8, 4) is 17.2 Å². The van der Waals surface area contributed by atoms with E-state index in [-0.39, 0.29) is 22.8 Å². The van der Waals surface area contributed by atoms with Crippen molar-refractivity contribution >= 4 is 23.1 Å². The number of carbonyl (C=O) groups excluding carboxylic acids is 2. The molecular formula is C24H18N2O6. The first kappa shape index (κ1) is 19.6. The van der Waals surface area contributed by atoms with Crippen molar-refractivity contribution in [1.29, 1.82) is 0 Å². The second kappa shape index (κ2) is 7.73. The molecule has 0 spiro atoms. The number of para-hydroxylation sites is 2. The molecule has 0 radical (unpaired) electrons. The van der Waals surface area contributed by atoms with Crippen LogP contribution in [0.25, 0.3) is 5.76 Å². The minimum absolute atomic E-state index is 0.131. The van der Waals surface area contributed by atoms with E-state index in [1.165, 1.54) is 18.3 Å². The van der Waals surface area contributed by atoms with Gasteiger partial charge in [0, 0.05) is 11.8 Å². The summed E-state index contributed by atoms with van der Waals surface area (Å²) in [7, 11) is 0. The van der Waals surface area contributed by atoms with Gasteiger partial charge >= 0.3 is 0 Å². The number of aromatic hydroxyl groups is 1. The Hall–Kier alpha value is -4.33. The van der Waals surface area contributed by atoms with Crippen LogP contribution in [0.3, 0.4) is 0 Å². The summed E-state index contributed by atoms with van der Waals surface area (Å²) in [6.07, 6.45) is 1.53. The number of aliphatic hydroxyl groups is 1. The van der Waals surface area contributed by atoms with Crippen molar-refractivity contribution in [2.45, 2.75) is 6.04 Å². The zero-order valence-electron chi connectivity index (χ0n) is 16.8. The summed E-state index contributed by atoms with van der Waals surface area (Å²) in [5.41, 5.74) is 0.680. The van der Waals surface area contributed by atoms with Gasteiger partial charge in [-0.25, -0.2) is 0 Å². The van der Waals surface area contributed by atoms with Crippen LogP contribution in [0.1, 0.15) is 17.3 Å². The molecule has 160 valence electrons. The number of anilines is 1. The molecule has 2 aliphatic rings. The fraction of sp³-hybridized carbons (Fsp3) is 0.125. The van der Waals surface area contributed by atoms with E-state index in [1.807, 2.05) is 0 Å². The number of nitrogens with zero attached hydrogens (tertiary/aromatic N) is 2. The van der Waals surface area contributed by atoms with E-state index in [1.54, 1.807) is 48.5 Å². The molecule has 0 aliphatic carbocycles. The Bertz CT molecular complexity index is 1250. The first-order chi connectivity index (χ1) is 15.6. The minimum atomic E-state index is -1.03. The highest BCUT2D eigenvalue weighted by Crippen LogP contribution is 2.44. The predicted octanol–water partition coefficient (Wildman–Crippen LogP) is 3.18. The van der Waals surface area contributed by atoms with Gasteiger partial charge in [-0.1, -0.05) is 18.2 Å². The number of hydrogen-bond acceptors (Lipinski definition) is 7. The molecule has 0 bridgehead atoms. The molecule has 1 unspecified atom stereocenters. The predicted molar refractivity (Wildman–Crippen MR) is 115 cm³/mol. The maximum Gasteiger partial charge on any atom is 0.300 e. The van der Waals surface area contributed by atoms with Gasteiger partial charge in [0.15, 0.2) is 11.5 Å². The van der Waals surface area contributed by atoms with Gasteiger partial charge in [0.25, 0.3) is 11.7 Å². The van der Waals surface area contributed by atoms with Crippen LogP contribution in [0, 0.1) is 0 Å². The average molecular weight is 430 g/mol. The molecule has 8 nitrogen and oxygen atoms in total. The van der Waals surface area contributed by atoms with Crippen molar-refractivity contribution in [3.05, 3.63) is 83.7 Å². The van der Waals surface area contributed by atoms with Gasteiger partial charge in [0.2, 0.25) is 0 Å². The van der Waals surface area contributed by atoms with Gasteiger partial charge in [-0.05, 0) is 42.5 Å². The summed E-state index contributed by atoms with van der Waals surface area (Å²) in [6, 6.07) is 15.0. The fourth-order valence-corrected chi connectivity index (χ4v) is 3.91. The lowest BCUT2D eigenvalue weighted by Gasteiger charge is -2.25. The molecule has 5 rings (SSSR count). The number of rotatable bonds is 3. The van der Waals surface area contributed by atoms with Gasteiger partial charge in [-0.3, -0.25) is 19.5 Å². The number of benzene rings is 2. The first-order valence-corrected chi connectivity index (χ1v) is 9.96. The maximum absolute atomic E-state index is 13.1. The summed E-state index contributed by atoms with van der Waals surface area (Å²) in [5, 5.41) is 21.5. The number of pyridine rings is 1. The highest BCUT2D eigenvalue weighted by atomic mass is 16.6. The van der Waals surface area contributed by atoms with Gasteiger partial charge in [0.1, 0.15) is 30.8 Å². The summed E-state index contributed by atoms with van der Waals surface area (Å²) < 4.78 is 11.1. The molecule has 1 saturated heterocycles. The number of ether oxygens (including phenoxy) is 2. The van der Waals surface area contributed by atoms with E-state index in [2.05, 4.69) is 4.98 Å². The largest absolute Gasteiger partial charge is 0.507 e. The van der Waals surface area contributed by atoms with Gasteiger partial charge in [-0.15, -0.1) is 0 Å². The van der Waals surface area contributed by atoms with Crippen LogP contribution in [0.2, 0.25) is 0 Å². The van der Waals surface area contributed by atoms with Crippen molar-refractivity contribution in [3.63, 3.8) is 0 Å². The quantitative estimate of drug-likeness (QED) is 0.373. The lowest BCUT2D eigenvalue weighted by Crippen LogP contribution is -2.29. The van der Waals surface area contributed by atoms with Crippen molar-refractivity contribution in [2.24, 2.45) is 0 Å². The average Bonchev–Trinajstić information content (AvgIpc) is 3.09. The molecule has 1 amide bonds. The van der Waals surface area contributed by atoms with Crippen LogP contribution in [0.5, 0.6) is 17.2 Å². The van der Waals surface area contributed by atoms with Crippen LogP contribution in [-0.4, -0.2) is 40.1 Å². The number of Topliss-reactive ketones (excluding diaryl/α,β-unsaturated/α-hetero) is 1. The third kappa shape index (κ3) is 3.13. The third-order valence-corrected chi connectivity index (χ3v) is 5.37. The standard InChI is InChI=1S/C24H18N2O6/c27-17-7-2-1-6-16(17)26-21(15-5-3-4-10-25-15)20(23(29)24(26)30)22(28)14-8-9-18-19(13-14)32-12-11-31-18/h1-10,13,21,27-28H,11-12H2/b22-20-. The maximum atomic E-state index is 13.1. The molecule has 1 fully saturated rings. The van der Waals surface area contributed by atoms with E-state index in [4.69, 9.17) is 9.47 Å². The number of amides is 1. The van der Waals surface area contributed by atoms with Crippen molar-refractivity contribution < 1.29 is 29.3 Å². The number of phenols is 1. The Morgan fingerprint density at radius 1 is 0.969 bits per heavy atom. The Labute approximate surface area is 183 Å². The Morgan fingerprint density at radius 3 is 2.47 bits per heavy atom. The van der Waals surface area contributed by atoms with E-state index in [0.717, 1.165) is 4.90 Å². The van der Waals surface area contributed by atoms with Crippen LogP contribution in [-0.2, 0) is 9.59 Å². The molecule has 2 aliphatic heterocycles. The number of phenolic OH excluding ortho intramolecular Hbond substituents is 1. The summed E-state index contributed by atoms with van der Waals surface area (Å²) >= 11 is 0. The Kier molecular flexibility index (Phi) is 4.74. The monoisotopic (exact) mass is 430 g/mol. The zero-order chi connectivity index (χ0) is 22.2. The topological polar surface area (TPSA) is 109 Å². The van der Waals surface area contributed by atoms with Crippen molar-refractivity contribution in [1.82, 2.24) is 4.98 Å². The van der Waals surface area contributed by atoms with Gasteiger partial charge in [-0.2, -0.15) is 0 Å². The number of ketones is 1. The lowest BCUT2D eigenvalue weighted by atomic mass is 9.98. The van der Waals surface area contributed by atoms with Crippen LogP contribution < -0.4 is 14.4 Å². The van der Waals surface area contributed by atoms with E-state index in [9.17, 15) is 19.8 Å². The SMILES string of the molecule is O=C1C(=O)N(c2ccccc2O)C(c2ccccn2)/C1=C(/O)c1ccc2c(c1)OCCO2. The number of aliphatic hydroxyl groups excluding tert-OH is 1. The second-order valence-corrected chi connectivity index (χ2v) is 7.27. The molecule has 0 saturated carbocycles. The number of fused-ring (bicyclic) bond motifs is 1. The highest BCUT2D eigenvalue weighted by Gasteiger charge is 2.48. The molecule has 8 heteroatoms. The number of aromatic nitrogens is 1. The summed E-state index contributed by atoms with van der Waals surface area (Å²) in [6.45, 7) is 0.784.